The molecule has 0 aromatic heterocycles. The van der Waals surface area contributed by atoms with Crippen molar-refractivity contribution < 1.29 is 50.2 Å². The first-order valence-corrected chi connectivity index (χ1v) is 23.1. The van der Waals surface area contributed by atoms with Crippen molar-refractivity contribution in [2.45, 2.75) is 53.8 Å². The number of carbonyl (C=O) groups is 4. The third kappa shape index (κ3) is 15.0. The minimum Gasteiger partial charge on any atom is -0.487 e. The molecule has 4 rings (SSSR count). The predicted molar refractivity (Wildman–Crippen MR) is 233 cm³/mol. The number of esters is 2. The Morgan fingerprint density at radius 3 is 1.37 bits per heavy atom. The van der Waals surface area contributed by atoms with E-state index in [1.54, 1.807) is 37.3 Å². The maximum atomic E-state index is 12.6. The molecule has 0 heterocycles. The number of hydrogen-bond donors (Lipinski definition) is 4. The molecule has 0 radical (unpaired) electrons. The minimum atomic E-state index is -3.49. The van der Waals surface area contributed by atoms with E-state index in [1.807, 2.05) is 13.0 Å². The van der Waals surface area contributed by atoms with E-state index in [0.717, 1.165) is 11.1 Å². The number of nitrogens with one attached hydrogen (secondary N) is 4. The van der Waals surface area contributed by atoms with Crippen LogP contribution in [-0.2, 0) is 57.2 Å². The van der Waals surface area contributed by atoms with E-state index in [0.29, 0.717) is 37.2 Å². The molecule has 0 saturated carbocycles. The Hall–Kier alpha value is -4.40. The molecule has 4 aromatic carbocycles. The van der Waals surface area contributed by atoms with E-state index in [4.69, 9.17) is 32.7 Å². The van der Waals surface area contributed by atoms with Gasteiger partial charge in [-0.1, -0.05) is 35.3 Å². The molecule has 0 atom stereocenters. The summed E-state index contributed by atoms with van der Waals surface area (Å²) in [6.07, 6.45) is -1.72. The molecule has 0 fully saturated rings. The Bertz CT molecular complexity index is 2290. The summed E-state index contributed by atoms with van der Waals surface area (Å²) < 4.78 is 70.3. The molecule has 15 nitrogen and oxygen atoms in total. The number of halogens is 4. The number of carbonyl (C=O) groups excluding carboxylic acids is 4. The topological polar surface area (TPSA) is 212 Å². The summed E-state index contributed by atoms with van der Waals surface area (Å²) in [5.74, 6) is -3.79. The van der Waals surface area contributed by atoms with Crippen molar-refractivity contribution in [3.05, 3.63) is 102 Å². The molecule has 0 bridgehead atoms. The van der Waals surface area contributed by atoms with Crippen molar-refractivity contribution in [2.24, 2.45) is 0 Å². The molecule has 4 aromatic rings. The summed E-state index contributed by atoms with van der Waals surface area (Å²) >= 11 is 19.5. The van der Waals surface area contributed by atoms with Crippen LogP contribution in [0.3, 0.4) is 0 Å². The highest BCUT2D eigenvalue weighted by Gasteiger charge is 2.20. The van der Waals surface area contributed by atoms with Crippen LogP contribution in [0.25, 0.3) is 0 Å². The average molecular weight is 1020 g/mol. The zero-order valence-electron chi connectivity index (χ0n) is 31.8. The summed E-state index contributed by atoms with van der Waals surface area (Å²) in [5, 5.41) is 5.00. The Kier molecular flexibility index (Phi) is 16.6. The maximum absolute atomic E-state index is 12.6. The lowest BCUT2D eigenvalue weighted by atomic mass is 10.1. The molecule has 21 heteroatoms. The smallest absolute Gasteiger partial charge is 0.322 e. The molecule has 0 saturated heterocycles. The van der Waals surface area contributed by atoms with Gasteiger partial charge in [0.05, 0.1) is 30.5 Å². The molecule has 0 aliphatic heterocycles. The first-order valence-electron chi connectivity index (χ1n) is 17.4. The van der Waals surface area contributed by atoms with Gasteiger partial charge in [-0.15, -0.1) is 0 Å². The van der Waals surface area contributed by atoms with Crippen LogP contribution in [0.15, 0.2) is 69.6 Å². The summed E-state index contributed by atoms with van der Waals surface area (Å²) in [5.41, 5.74) is 4.08. The highest BCUT2D eigenvalue weighted by Crippen LogP contribution is 2.38. The molecule has 0 unspecified atom stereocenters. The SMILES string of the molecule is CCS(=O)(=O)Nc1cc(C)cc(COc2c(Cl)cc(NC(=O)CC(=O)OC(=O)CC(=O)Nc3cc(Br)c(OCc4cc(C)cc(NS(=O)(=O)CC)c4)c(Br)c3)cc2Cl)c1. The van der Waals surface area contributed by atoms with Crippen LogP contribution in [0.1, 0.15) is 48.9 Å². The van der Waals surface area contributed by atoms with Crippen molar-refractivity contribution in [1.29, 1.82) is 0 Å². The lowest BCUT2D eigenvalue weighted by Gasteiger charge is -2.14. The molecule has 0 spiro atoms. The molecule has 2 amide bonds. The second-order valence-electron chi connectivity index (χ2n) is 12.8. The van der Waals surface area contributed by atoms with Gasteiger partial charge in [0.15, 0.2) is 5.75 Å². The van der Waals surface area contributed by atoms with Crippen molar-refractivity contribution in [3.63, 3.8) is 0 Å². The third-order valence-electron chi connectivity index (χ3n) is 7.75. The van der Waals surface area contributed by atoms with Crippen LogP contribution in [0.4, 0.5) is 22.7 Å². The van der Waals surface area contributed by atoms with Crippen LogP contribution < -0.4 is 29.6 Å². The monoisotopic (exact) mass is 1020 g/mol. The second-order valence-corrected chi connectivity index (χ2v) is 19.4. The average Bonchev–Trinajstić information content (AvgIpc) is 3.09. The summed E-state index contributed by atoms with van der Waals surface area (Å²) in [6.45, 7) is 6.74. The largest absolute Gasteiger partial charge is 0.487 e. The standard InChI is InChI=1S/C38H38Br2Cl2N4O11S2/c1-5-58(51,52)45-27-9-21(3)7-23(11-27)19-55-37-29(39)13-25(14-30(37)40)43-33(47)17-35(49)57-36(50)18-34(48)44-26-15-31(41)38(32(42)16-26)56-20-24-8-22(4)10-28(12-24)46-59(53,54)6-2/h7-16,45-46H,5-6,17-20H2,1-4H3,(H,43,47)(H,44,48). The van der Waals surface area contributed by atoms with Gasteiger partial charge in [-0.3, -0.25) is 28.6 Å². The number of anilines is 4. The van der Waals surface area contributed by atoms with Crippen molar-refractivity contribution in [2.75, 3.05) is 31.6 Å². The van der Waals surface area contributed by atoms with Gasteiger partial charge in [0.2, 0.25) is 31.9 Å². The van der Waals surface area contributed by atoms with E-state index in [9.17, 15) is 36.0 Å². The highest BCUT2D eigenvalue weighted by molar-refractivity contribution is 9.11. The van der Waals surface area contributed by atoms with Gasteiger partial charge in [-0.25, -0.2) is 16.8 Å². The molecule has 4 N–H and O–H groups in total. The second kappa shape index (κ2) is 20.7. The number of ether oxygens (including phenoxy) is 3. The van der Waals surface area contributed by atoms with Gasteiger partial charge in [0.1, 0.15) is 31.8 Å². The van der Waals surface area contributed by atoms with E-state index >= 15 is 0 Å². The van der Waals surface area contributed by atoms with Crippen LogP contribution in [0.5, 0.6) is 11.5 Å². The summed E-state index contributed by atoms with van der Waals surface area (Å²) in [4.78, 5) is 49.9. The normalized spacial score (nSPS) is 11.3. The number of rotatable bonds is 18. The zero-order valence-corrected chi connectivity index (χ0v) is 38.2. The van der Waals surface area contributed by atoms with Gasteiger partial charge in [-0.05, 0) is 130 Å². The van der Waals surface area contributed by atoms with Crippen molar-refractivity contribution in [3.8, 4) is 11.5 Å². The quantitative estimate of drug-likeness (QED) is 0.0551. The molecule has 0 aliphatic carbocycles. The fraction of sp³-hybridized carbons (Fsp3) is 0.263. The van der Waals surface area contributed by atoms with Crippen molar-refractivity contribution in [1.82, 2.24) is 0 Å². The third-order valence-corrected chi connectivity index (χ3v) is 12.1. The van der Waals surface area contributed by atoms with Crippen LogP contribution >= 0.6 is 55.1 Å². The molecular weight excluding hydrogens is 983 g/mol. The summed E-state index contributed by atoms with van der Waals surface area (Å²) in [7, 11) is -6.96. The zero-order chi connectivity index (χ0) is 43.7. The van der Waals surface area contributed by atoms with Gasteiger partial charge >= 0.3 is 11.9 Å². The predicted octanol–water partition coefficient (Wildman–Crippen LogP) is 8.24. The van der Waals surface area contributed by atoms with E-state index in [2.05, 4.69) is 56.7 Å². The number of aryl methyl sites for hydroxylation is 2. The Labute approximate surface area is 368 Å². The maximum Gasteiger partial charge on any atom is 0.322 e. The minimum absolute atomic E-state index is 0.0190. The number of amides is 2. The van der Waals surface area contributed by atoms with Gasteiger partial charge in [0.25, 0.3) is 0 Å². The van der Waals surface area contributed by atoms with Crippen LogP contribution in [0.2, 0.25) is 10.0 Å². The summed E-state index contributed by atoms with van der Waals surface area (Å²) in [6, 6.07) is 16.0. The lowest BCUT2D eigenvalue weighted by molar-refractivity contribution is -0.160. The highest BCUT2D eigenvalue weighted by atomic mass is 79.9. The van der Waals surface area contributed by atoms with Crippen LogP contribution in [0, 0.1) is 13.8 Å². The Balaban J connectivity index is 1.25. The molecule has 316 valence electrons. The Morgan fingerprint density at radius 2 is 0.966 bits per heavy atom. The molecule has 0 aliphatic rings. The number of sulfonamides is 2. The first kappa shape index (κ1) is 47.3. The van der Waals surface area contributed by atoms with Gasteiger partial charge < -0.3 is 24.8 Å². The number of hydrogen-bond acceptors (Lipinski definition) is 11. The van der Waals surface area contributed by atoms with E-state index in [1.165, 1.54) is 38.1 Å². The molecular formula is C38H38Br2Cl2N4O11S2. The number of benzene rings is 4. The van der Waals surface area contributed by atoms with E-state index < -0.39 is 56.6 Å². The molecule has 59 heavy (non-hydrogen) atoms. The van der Waals surface area contributed by atoms with Gasteiger partial charge in [-0.2, -0.15) is 0 Å². The van der Waals surface area contributed by atoms with Crippen LogP contribution in [-0.4, -0.2) is 52.1 Å². The Morgan fingerprint density at radius 1 is 0.576 bits per heavy atom. The lowest BCUT2D eigenvalue weighted by Crippen LogP contribution is -2.23. The van der Waals surface area contributed by atoms with E-state index in [-0.39, 0.29) is 51.9 Å². The van der Waals surface area contributed by atoms with Crippen molar-refractivity contribution >= 4 is 122 Å². The fourth-order valence-corrected chi connectivity index (χ4v) is 8.49. The van der Waals surface area contributed by atoms with Gasteiger partial charge in [0, 0.05) is 22.7 Å². The first-order chi connectivity index (χ1) is 27.6. The fourth-order valence-electron chi connectivity index (χ4n) is 5.24.